The molecule has 0 bridgehead atoms. The molecule has 6 nitrogen and oxygen atoms in total. The van der Waals surface area contributed by atoms with Crippen LogP contribution in [0, 0.1) is 5.82 Å². The molecule has 1 N–H and O–H groups in total. The van der Waals surface area contributed by atoms with Crippen LogP contribution >= 0.6 is 0 Å². The van der Waals surface area contributed by atoms with Gasteiger partial charge in [0.2, 0.25) is 11.1 Å². The van der Waals surface area contributed by atoms with Crippen LogP contribution in [-0.4, -0.2) is 34.6 Å². The van der Waals surface area contributed by atoms with Crippen molar-refractivity contribution in [1.82, 2.24) is 9.78 Å². The molecule has 0 aliphatic rings. The van der Waals surface area contributed by atoms with E-state index in [0.29, 0.717) is 18.7 Å². The van der Waals surface area contributed by atoms with Crippen molar-refractivity contribution in [3.05, 3.63) is 52.2 Å². The highest BCUT2D eigenvalue weighted by atomic mass is 19.1. The summed E-state index contributed by atoms with van der Waals surface area (Å²) in [5.74, 6) is -1.85. The number of methoxy groups -OCH3 is 1. The number of aromatic nitrogens is 2. The molecular formula is C14H13FN2O4. The van der Waals surface area contributed by atoms with Gasteiger partial charge < -0.3 is 9.84 Å². The number of nitrogens with zero attached hydrogens (tertiary/aromatic N) is 2. The van der Waals surface area contributed by atoms with Gasteiger partial charge in [0.1, 0.15) is 5.82 Å². The monoisotopic (exact) mass is 292 g/mol. The molecule has 7 heteroatoms. The Morgan fingerprint density at radius 3 is 2.62 bits per heavy atom. The number of ether oxygens (including phenoxy) is 1. The van der Waals surface area contributed by atoms with E-state index < -0.39 is 22.9 Å². The highest BCUT2D eigenvalue weighted by Gasteiger charge is 2.17. The quantitative estimate of drug-likeness (QED) is 0.900. The van der Waals surface area contributed by atoms with Gasteiger partial charge in [-0.3, -0.25) is 9.48 Å². The van der Waals surface area contributed by atoms with Gasteiger partial charge in [-0.25, -0.2) is 9.18 Å². The maximum absolute atomic E-state index is 12.9. The van der Waals surface area contributed by atoms with Crippen LogP contribution < -0.4 is 5.43 Å². The van der Waals surface area contributed by atoms with Gasteiger partial charge in [0.15, 0.2) is 0 Å². The van der Waals surface area contributed by atoms with E-state index in [4.69, 9.17) is 9.84 Å². The smallest absolute Gasteiger partial charge is 0.360 e. The third-order valence-electron chi connectivity index (χ3n) is 2.85. The number of hydrogen-bond acceptors (Lipinski definition) is 4. The third-order valence-corrected chi connectivity index (χ3v) is 2.85. The van der Waals surface area contributed by atoms with Crippen molar-refractivity contribution in [1.29, 1.82) is 0 Å². The molecule has 110 valence electrons. The molecule has 0 unspecified atom stereocenters. The van der Waals surface area contributed by atoms with Crippen molar-refractivity contribution in [3.8, 4) is 11.1 Å². The summed E-state index contributed by atoms with van der Waals surface area (Å²) in [6.45, 7) is 0.614. The molecule has 0 aliphatic heterocycles. The third kappa shape index (κ3) is 3.32. The van der Waals surface area contributed by atoms with E-state index >= 15 is 0 Å². The number of carboxylic acid groups (broad SMARTS) is 1. The molecule has 0 aliphatic carbocycles. The first-order chi connectivity index (χ1) is 10.0. The van der Waals surface area contributed by atoms with Crippen molar-refractivity contribution in [3.63, 3.8) is 0 Å². The standard InChI is InChI=1S/C14H13FN2O4/c1-21-7-6-17-8-11(9-2-4-10(15)5-3-9)13(18)12(16-17)14(19)20/h2-5,8H,6-7H2,1H3,(H,19,20). The van der Waals surface area contributed by atoms with Crippen molar-refractivity contribution in [2.24, 2.45) is 0 Å². The Morgan fingerprint density at radius 2 is 2.05 bits per heavy atom. The Hall–Kier alpha value is -2.54. The largest absolute Gasteiger partial charge is 0.476 e. The highest BCUT2D eigenvalue weighted by Crippen LogP contribution is 2.16. The summed E-state index contributed by atoms with van der Waals surface area (Å²) in [6.07, 6.45) is 1.43. The normalized spacial score (nSPS) is 10.6. The molecule has 2 aromatic rings. The number of carboxylic acids is 1. The van der Waals surface area contributed by atoms with Gasteiger partial charge in [-0.1, -0.05) is 12.1 Å². The van der Waals surface area contributed by atoms with E-state index in [1.165, 1.54) is 42.3 Å². The van der Waals surface area contributed by atoms with E-state index in [1.807, 2.05) is 0 Å². The second-order valence-electron chi connectivity index (χ2n) is 4.29. The van der Waals surface area contributed by atoms with E-state index in [2.05, 4.69) is 5.10 Å². The Labute approximate surface area is 119 Å². The molecule has 0 fully saturated rings. The number of carbonyl (C=O) groups is 1. The summed E-state index contributed by atoms with van der Waals surface area (Å²) >= 11 is 0. The second kappa shape index (κ2) is 6.27. The minimum atomic E-state index is -1.41. The van der Waals surface area contributed by atoms with Crippen LogP contribution in [0.3, 0.4) is 0 Å². The maximum Gasteiger partial charge on any atom is 0.360 e. The predicted octanol–water partition coefficient (Wildman–Crippen LogP) is 1.39. The van der Waals surface area contributed by atoms with Gasteiger partial charge in [0, 0.05) is 18.9 Å². The van der Waals surface area contributed by atoms with Crippen molar-refractivity contribution in [2.45, 2.75) is 6.54 Å². The fraction of sp³-hybridized carbons (Fsp3) is 0.214. The Balaban J connectivity index is 2.57. The van der Waals surface area contributed by atoms with Crippen LogP contribution in [0.2, 0.25) is 0 Å². The summed E-state index contributed by atoms with van der Waals surface area (Å²) in [4.78, 5) is 23.3. The number of aromatic carboxylic acids is 1. The first-order valence-corrected chi connectivity index (χ1v) is 6.13. The maximum atomic E-state index is 12.9. The lowest BCUT2D eigenvalue weighted by Gasteiger charge is -2.09. The number of benzene rings is 1. The summed E-state index contributed by atoms with van der Waals surface area (Å²) in [7, 11) is 1.50. The van der Waals surface area contributed by atoms with E-state index in [9.17, 15) is 14.0 Å². The molecule has 0 amide bonds. The van der Waals surface area contributed by atoms with Gasteiger partial charge in [-0.2, -0.15) is 5.10 Å². The zero-order valence-electron chi connectivity index (χ0n) is 11.2. The first-order valence-electron chi connectivity index (χ1n) is 6.13. The van der Waals surface area contributed by atoms with Crippen molar-refractivity contribution >= 4 is 5.97 Å². The molecule has 0 radical (unpaired) electrons. The van der Waals surface area contributed by atoms with Crippen molar-refractivity contribution in [2.75, 3.05) is 13.7 Å². The molecule has 0 saturated heterocycles. The van der Waals surface area contributed by atoms with Gasteiger partial charge >= 0.3 is 5.97 Å². The molecule has 0 atom stereocenters. The Kier molecular flexibility index (Phi) is 4.44. The topological polar surface area (TPSA) is 81.4 Å². The van der Waals surface area contributed by atoms with E-state index in [0.717, 1.165) is 0 Å². The first kappa shape index (κ1) is 14.9. The van der Waals surface area contributed by atoms with Crippen molar-refractivity contribution < 1.29 is 19.0 Å². The number of hydrogen-bond donors (Lipinski definition) is 1. The molecule has 2 rings (SSSR count). The van der Waals surface area contributed by atoms with Crippen LogP contribution in [-0.2, 0) is 11.3 Å². The lowest BCUT2D eigenvalue weighted by atomic mass is 10.1. The van der Waals surface area contributed by atoms with Crippen LogP contribution in [0.25, 0.3) is 11.1 Å². The van der Waals surface area contributed by atoms with Crippen LogP contribution in [0.15, 0.2) is 35.3 Å². The van der Waals surface area contributed by atoms with E-state index in [-0.39, 0.29) is 5.56 Å². The number of halogens is 1. The highest BCUT2D eigenvalue weighted by molar-refractivity contribution is 5.86. The zero-order valence-corrected chi connectivity index (χ0v) is 11.2. The SMILES string of the molecule is COCCn1cc(-c2ccc(F)cc2)c(=O)c(C(=O)O)n1. The minimum absolute atomic E-state index is 0.151. The molecule has 0 saturated carbocycles. The van der Waals surface area contributed by atoms with Crippen LogP contribution in [0.5, 0.6) is 0 Å². The summed E-state index contributed by atoms with van der Waals surface area (Å²) in [6, 6.07) is 5.24. The fourth-order valence-corrected chi connectivity index (χ4v) is 1.81. The van der Waals surface area contributed by atoms with Gasteiger partial charge in [-0.05, 0) is 17.7 Å². The fourth-order valence-electron chi connectivity index (χ4n) is 1.81. The van der Waals surface area contributed by atoms with Gasteiger partial charge in [0.25, 0.3) is 0 Å². The van der Waals surface area contributed by atoms with Gasteiger partial charge in [-0.15, -0.1) is 0 Å². The average Bonchev–Trinajstić information content (AvgIpc) is 2.47. The molecule has 1 heterocycles. The number of rotatable bonds is 5. The average molecular weight is 292 g/mol. The Bertz CT molecular complexity index is 710. The molecule has 1 aromatic heterocycles. The van der Waals surface area contributed by atoms with E-state index in [1.54, 1.807) is 0 Å². The summed E-state index contributed by atoms with van der Waals surface area (Å²) in [5, 5.41) is 12.8. The molecular weight excluding hydrogens is 279 g/mol. The predicted molar refractivity (Wildman–Crippen MR) is 72.7 cm³/mol. The van der Waals surface area contributed by atoms with Crippen LogP contribution in [0.4, 0.5) is 4.39 Å². The lowest BCUT2D eigenvalue weighted by Crippen LogP contribution is -2.24. The summed E-state index contributed by atoms with van der Waals surface area (Å²) in [5.41, 5.74) is -0.702. The molecule has 21 heavy (non-hydrogen) atoms. The summed E-state index contributed by atoms with van der Waals surface area (Å²) < 4.78 is 19.2. The molecule has 1 aromatic carbocycles. The van der Waals surface area contributed by atoms with Crippen LogP contribution in [0.1, 0.15) is 10.5 Å². The Morgan fingerprint density at radius 1 is 1.38 bits per heavy atom. The molecule has 0 spiro atoms. The van der Waals surface area contributed by atoms with Gasteiger partial charge in [0.05, 0.1) is 13.2 Å². The lowest BCUT2D eigenvalue weighted by molar-refractivity contribution is 0.0685. The second-order valence-corrected chi connectivity index (χ2v) is 4.29. The zero-order chi connectivity index (χ0) is 15.4. The minimum Gasteiger partial charge on any atom is -0.476 e.